The van der Waals surface area contributed by atoms with Crippen LogP contribution in [0, 0.1) is 0 Å². The zero-order chi connectivity index (χ0) is 29.7. The van der Waals surface area contributed by atoms with Crippen LogP contribution in [0.3, 0.4) is 0 Å². The van der Waals surface area contributed by atoms with Crippen molar-refractivity contribution in [2.24, 2.45) is 0 Å². The summed E-state index contributed by atoms with van der Waals surface area (Å²) in [6.45, 7) is 0. The lowest BCUT2D eigenvalue weighted by Gasteiger charge is -2.13. The van der Waals surface area contributed by atoms with Crippen molar-refractivity contribution in [3.8, 4) is 45.3 Å². The molecular formula is C40H24N4O. The van der Waals surface area contributed by atoms with Crippen molar-refractivity contribution in [3.63, 3.8) is 0 Å². The first kappa shape index (κ1) is 25.3. The summed E-state index contributed by atoms with van der Waals surface area (Å²) >= 11 is 0. The molecule has 6 aromatic carbocycles. The standard InChI is InChI=1S/C40H24N4O/c1-3-11-25(12-4-1)29-19-20-32(31-18-10-9-17-30(29)31)39-42-38(26-13-5-2-6-14-26)43-40(44-39)34-23-41-24-36-37(34)33-21-27-15-7-8-16-28(27)22-35(33)45-36/h1-24H. The number of pyridine rings is 1. The first-order valence-electron chi connectivity index (χ1n) is 14.9. The topological polar surface area (TPSA) is 64.7 Å². The Morgan fingerprint density at radius 2 is 0.978 bits per heavy atom. The third-order valence-corrected chi connectivity index (χ3v) is 8.41. The summed E-state index contributed by atoms with van der Waals surface area (Å²) in [6.07, 6.45) is 3.59. The van der Waals surface area contributed by atoms with Gasteiger partial charge >= 0.3 is 0 Å². The lowest BCUT2D eigenvalue weighted by atomic mass is 9.94. The molecule has 0 N–H and O–H groups in total. The average Bonchev–Trinajstić information content (AvgIpc) is 3.48. The Bertz CT molecular complexity index is 2540. The largest absolute Gasteiger partial charge is 0.454 e. The summed E-state index contributed by atoms with van der Waals surface area (Å²) < 4.78 is 6.33. The number of hydrogen-bond donors (Lipinski definition) is 0. The smallest absolute Gasteiger partial charge is 0.166 e. The number of aromatic nitrogens is 4. The monoisotopic (exact) mass is 576 g/mol. The Morgan fingerprint density at radius 1 is 0.400 bits per heavy atom. The van der Waals surface area contributed by atoms with E-state index >= 15 is 0 Å². The van der Waals surface area contributed by atoms with Gasteiger partial charge in [0.25, 0.3) is 0 Å². The highest BCUT2D eigenvalue weighted by atomic mass is 16.3. The molecule has 0 aliphatic rings. The zero-order valence-electron chi connectivity index (χ0n) is 24.1. The van der Waals surface area contributed by atoms with Crippen LogP contribution in [0.15, 0.2) is 150 Å². The van der Waals surface area contributed by atoms with Crippen LogP contribution in [-0.4, -0.2) is 19.9 Å². The minimum absolute atomic E-state index is 0.545. The third-order valence-electron chi connectivity index (χ3n) is 8.41. The number of benzene rings is 6. The van der Waals surface area contributed by atoms with Gasteiger partial charge in [-0.15, -0.1) is 0 Å². The molecule has 5 heteroatoms. The number of rotatable bonds is 4. The van der Waals surface area contributed by atoms with Gasteiger partial charge in [0.05, 0.1) is 6.20 Å². The molecule has 3 aromatic heterocycles. The van der Waals surface area contributed by atoms with Crippen molar-refractivity contribution >= 4 is 43.5 Å². The summed E-state index contributed by atoms with van der Waals surface area (Å²) in [4.78, 5) is 19.8. The van der Waals surface area contributed by atoms with Gasteiger partial charge in [0.15, 0.2) is 23.1 Å². The summed E-state index contributed by atoms with van der Waals surface area (Å²) in [7, 11) is 0. The molecule has 0 radical (unpaired) electrons. The molecule has 0 bridgehead atoms. The molecule has 0 saturated carbocycles. The fraction of sp³-hybridized carbons (Fsp3) is 0. The predicted molar refractivity (Wildman–Crippen MR) is 182 cm³/mol. The quantitative estimate of drug-likeness (QED) is 0.209. The van der Waals surface area contributed by atoms with E-state index in [2.05, 4.69) is 96.0 Å². The highest BCUT2D eigenvalue weighted by molar-refractivity contribution is 6.15. The fourth-order valence-electron chi connectivity index (χ4n) is 6.28. The second-order valence-electron chi connectivity index (χ2n) is 11.1. The van der Waals surface area contributed by atoms with E-state index in [-0.39, 0.29) is 0 Å². The van der Waals surface area contributed by atoms with E-state index in [1.54, 1.807) is 6.20 Å². The van der Waals surface area contributed by atoms with Crippen molar-refractivity contribution < 1.29 is 4.42 Å². The van der Waals surface area contributed by atoms with Gasteiger partial charge in [0.2, 0.25) is 0 Å². The van der Waals surface area contributed by atoms with Crippen molar-refractivity contribution in [2.45, 2.75) is 0 Å². The number of fused-ring (bicyclic) bond motifs is 5. The van der Waals surface area contributed by atoms with Crippen LogP contribution in [0.5, 0.6) is 0 Å². The zero-order valence-corrected chi connectivity index (χ0v) is 24.1. The van der Waals surface area contributed by atoms with Gasteiger partial charge in [-0.3, -0.25) is 4.98 Å². The number of furan rings is 1. The van der Waals surface area contributed by atoms with Crippen LogP contribution in [-0.2, 0) is 0 Å². The molecule has 0 amide bonds. The van der Waals surface area contributed by atoms with Crippen LogP contribution in [0.2, 0.25) is 0 Å². The maximum Gasteiger partial charge on any atom is 0.166 e. The molecule has 45 heavy (non-hydrogen) atoms. The van der Waals surface area contributed by atoms with Gasteiger partial charge < -0.3 is 4.42 Å². The molecular weight excluding hydrogens is 552 g/mol. The normalized spacial score (nSPS) is 11.6. The summed E-state index contributed by atoms with van der Waals surface area (Å²) in [5.74, 6) is 1.75. The van der Waals surface area contributed by atoms with Gasteiger partial charge in [-0.1, -0.05) is 115 Å². The van der Waals surface area contributed by atoms with E-state index in [9.17, 15) is 0 Å². The Labute approximate surface area is 258 Å². The molecule has 210 valence electrons. The minimum Gasteiger partial charge on any atom is -0.454 e. The van der Waals surface area contributed by atoms with Crippen LogP contribution in [0.25, 0.3) is 88.8 Å². The summed E-state index contributed by atoms with van der Waals surface area (Å²) in [5.41, 5.74) is 6.48. The Hall–Kier alpha value is -6.20. The fourth-order valence-corrected chi connectivity index (χ4v) is 6.28. The SMILES string of the molecule is c1ccc(-c2nc(-c3ccc(-c4ccccc4)c4ccccc34)nc(-c3cncc4oc5cc6ccccc6cc5c34)n2)cc1. The van der Waals surface area contributed by atoms with Gasteiger partial charge in [0.1, 0.15) is 5.58 Å². The average molecular weight is 577 g/mol. The molecule has 0 spiro atoms. The van der Waals surface area contributed by atoms with Crippen LogP contribution in [0.1, 0.15) is 0 Å². The first-order chi connectivity index (χ1) is 22.3. The van der Waals surface area contributed by atoms with Crippen molar-refractivity contribution in [1.29, 1.82) is 0 Å². The van der Waals surface area contributed by atoms with Crippen LogP contribution >= 0.6 is 0 Å². The van der Waals surface area contributed by atoms with Crippen molar-refractivity contribution in [2.75, 3.05) is 0 Å². The van der Waals surface area contributed by atoms with E-state index in [0.717, 1.165) is 54.6 Å². The van der Waals surface area contributed by atoms with E-state index in [1.807, 2.05) is 48.7 Å². The van der Waals surface area contributed by atoms with E-state index < -0.39 is 0 Å². The second kappa shape index (κ2) is 10.2. The molecule has 9 aromatic rings. The van der Waals surface area contributed by atoms with Crippen molar-refractivity contribution in [1.82, 2.24) is 19.9 Å². The van der Waals surface area contributed by atoms with E-state index in [1.165, 1.54) is 11.1 Å². The molecule has 5 nitrogen and oxygen atoms in total. The molecule has 0 atom stereocenters. The maximum absolute atomic E-state index is 6.33. The molecule has 9 rings (SSSR count). The highest BCUT2D eigenvalue weighted by Gasteiger charge is 2.20. The lowest BCUT2D eigenvalue weighted by molar-refractivity contribution is 0.667. The molecule has 0 unspecified atom stereocenters. The Balaban J connectivity index is 1.32. The molecule has 0 fully saturated rings. The minimum atomic E-state index is 0.545. The first-order valence-corrected chi connectivity index (χ1v) is 14.9. The van der Waals surface area contributed by atoms with Crippen LogP contribution < -0.4 is 0 Å². The molecule has 3 heterocycles. The highest BCUT2D eigenvalue weighted by Crippen LogP contribution is 2.39. The molecule has 0 aliphatic heterocycles. The Kier molecular flexibility index (Phi) is 5.74. The van der Waals surface area contributed by atoms with Gasteiger partial charge in [0, 0.05) is 33.7 Å². The predicted octanol–water partition coefficient (Wildman–Crippen LogP) is 10.1. The summed E-state index contributed by atoms with van der Waals surface area (Å²) in [6, 6.07) is 45.8. The molecule has 0 aliphatic carbocycles. The Morgan fingerprint density at radius 3 is 1.73 bits per heavy atom. The van der Waals surface area contributed by atoms with E-state index in [0.29, 0.717) is 23.1 Å². The molecule has 0 saturated heterocycles. The number of nitrogens with zero attached hydrogens (tertiary/aromatic N) is 4. The van der Waals surface area contributed by atoms with Crippen molar-refractivity contribution in [3.05, 3.63) is 146 Å². The number of hydrogen-bond acceptors (Lipinski definition) is 5. The maximum atomic E-state index is 6.33. The summed E-state index contributed by atoms with van der Waals surface area (Å²) in [5, 5.41) is 6.42. The van der Waals surface area contributed by atoms with Gasteiger partial charge in [-0.25, -0.2) is 15.0 Å². The van der Waals surface area contributed by atoms with E-state index in [4.69, 9.17) is 19.4 Å². The second-order valence-corrected chi connectivity index (χ2v) is 11.1. The van der Waals surface area contributed by atoms with Crippen LogP contribution in [0.4, 0.5) is 0 Å². The van der Waals surface area contributed by atoms with Gasteiger partial charge in [-0.2, -0.15) is 0 Å². The van der Waals surface area contributed by atoms with Gasteiger partial charge in [-0.05, 0) is 50.9 Å². The lowest BCUT2D eigenvalue weighted by Crippen LogP contribution is -2.01. The third kappa shape index (κ3) is 4.25.